The molecule has 1 aromatic heterocycles. The van der Waals surface area contributed by atoms with Gasteiger partial charge in [0, 0.05) is 18.7 Å². The molecule has 2 amide bonds. The fourth-order valence-corrected chi connectivity index (χ4v) is 4.05. The molecule has 0 bridgehead atoms. The van der Waals surface area contributed by atoms with Gasteiger partial charge in [-0.15, -0.1) is 0 Å². The van der Waals surface area contributed by atoms with E-state index < -0.39 is 0 Å². The summed E-state index contributed by atoms with van der Waals surface area (Å²) in [6.07, 6.45) is 3.26. The van der Waals surface area contributed by atoms with Gasteiger partial charge in [0.2, 0.25) is 5.91 Å². The molecule has 2 heterocycles. The van der Waals surface area contributed by atoms with E-state index in [1.165, 1.54) is 13.5 Å². The summed E-state index contributed by atoms with van der Waals surface area (Å²) in [5.41, 5.74) is 2.14. The smallest absolute Gasteiger partial charge is 0.251 e. The molecular formula is C24H28N4O4. The highest BCUT2D eigenvalue weighted by atomic mass is 16.5. The van der Waals surface area contributed by atoms with E-state index in [9.17, 15) is 9.59 Å². The monoisotopic (exact) mass is 436 g/mol. The van der Waals surface area contributed by atoms with Crippen LogP contribution in [0.5, 0.6) is 11.5 Å². The lowest BCUT2D eigenvalue weighted by Gasteiger charge is -2.27. The number of benzene rings is 2. The summed E-state index contributed by atoms with van der Waals surface area (Å²) in [6, 6.07) is 12.7. The summed E-state index contributed by atoms with van der Waals surface area (Å²) in [5.74, 6) is 1.51. The van der Waals surface area contributed by atoms with Crippen LogP contribution in [-0.2, 0) is 17.9 Å². The highest BCUT2D eigenvalue weighted by molar-refractivity contribution is 5.95. The highest BCUT2D eigenvalue weighted by Crippen LogP contribution is 2.27. The molecule has 1 fully saturated rings. The Morgan fingerprint density at radius 2 is 1.75 bits per heavy atom. The molecule has 0 atom stereocenters. The maximum Gasteiger partial charge on any atom is 0.251 e. The van der Waals surface area contributed by atoms with Crippen molar-refractivity contribution in [2.45, 2.75) is 32.4 Å². The van der Waals surface area contributed by atoms with E-state index in [0.29, 0.717) is 22.9 Å². The summed E-state index contributed by atoms with van der Waals surface area (Å²) in [5, 5.41) is 2.91. The SMILES string of the molecule is COc1ccc(C(=O)NCc2nc3ccccc3n2CC(=O)N2CCCCC2)cc1OC. The fraction of sp³-hybridized carbons (Fsp3) is 0.375. The molecular weight excluding hydrogens is 408 g/mol. The second-order valence-electron chi connectivity index (χ2n) is 7.80. The van der Waals surface area contributed by atoms with Crippen LogP contribution in [0.25, 0.3) is 11.0 Å². The van der Waals surface area contributed by atoms with Crippen LogP contribution in [-0.4, -0.2) is 53.6 Å². The Kier molecular flexibility index (Phi) is 6.58. The van der Waals surface area contributed by atoms with E-state index >= 15 is 0 Å². The van der Waals surface area contributed by atoms with Gasteiger partial charge in [0.1, 0.15) is 12.4 Å². The first kappa shape index (κ1) is 21.7. The Balaban J connectivity index is 1.53. The third-order valence-corrected chi connectivity index (χ3v) is 5.79. The van der Waals surface area contributed by atoms with Crippen molar-refractivity contribution in [3.05, 3.63) is 53.9 Å². The molecule has 32 heavy (non-hydrogen) atoms. The number of aromatic nitrogens is 2. The molecule has 8 nitrogen and oxygen atoms in total. The Bertz CT molecular complexity index is 1120. The summed E-state index contributed by atoms with van der Waals surface area (Å²) in [6.45, 7) is 2.02. The van der Waals surface area contributed by atoms with Crippen LogP contribution < -0.4 is 14.8 Å². The number of imidazole rings is 1. The summed E-state index contributed by atoms with van der Waals surface area (Å²) in [4.78, 5) is 32.3. The van der Waals surface area contributed by atoms with Crippen LogP contribution >= 0.6 is 0 Å². The third kappa shape index (κ3) is 4.54. The van der Waals surface area contributed by atoms with Crippen molar-refractivity contribution in [1.82, 2.24) is 19.8 Å². The lowest BCUT2D eigenvalue weighted by atomic mass is 10.1. The number of fused-ring (bicyclic) bond motifs is 1. The minimum atomic E-state index is -0.257. The zero-order chi connectivity index (χ0) is 22.5. The van der Waals surface area contributed by atoms with Crippen molar-refractivity contribution in [1.29, 1.82) is 0 Å². The number of ether oxygens (including phenoxy) is 2. The van der Waals surface area contributed by atoms with E-state index in [0.717, 1.165) is 37.0 Å². The molecule has 2 aromatic carbocycles. The average Bonchev–Trinajstić information content (AvgIpc) is 3.19. The van der Waals surface area contributed by atoms with E-state index in [2.05, 4.69) is 10.3 Å². The van der Waals surface area contributed by atoms with Gasteiger partial charge in [-0.05, 0) is 49.6 Å². The highest BCUT2D eigenvalue weighted by Gasteiger charge is 2.20. The van der Waals surface area contributed by atoms with Crippen molar-refractivity contribution in [3.8, 4) is 11.5 Å². The van der Waals surface area contributed by atoms with Crippen molar-refractivity contribution in [2.75, 3.05) is 27.3 Å². The molecule has 168 valence electrons. The number of hydrogen-bond acceptors (Lipinski definition) is 5. The Morgan fingerprint density at radius 1 is 1.00 bits per heavy atom. The first-order valence-electron chi connectivity index (χ1n) is 10.8. The number of para-hydroxylation sites is 2. The zero-order valence-electron chi connectivity index (χ0n) is 18.5. The number of nitrogens with one attached hydrogen (secondary N) is 1. The van der Waals surface area contributed by atoms with Gasteiger partial charge in [0.25, 0.3) is 5.91 Å². The Morgan fingerprint density at radius 3 is 2.50 bits per heavy atom. The minimum Gasteiger partial charge on any atom is -0.493 e. The van der Waals surface area contributed by atoms with Gasteiger partial charge in [-0.25, -0.2) is 4.98 Å². The van der Waals surface area contributed by atoms with Crippen LogP contribution in [0.1, 0.15) is 35.4 Å². The summed E-state index contributed by atoms with van der Waals surface area (Å²) < 4.78 is 12.4. The molecule has 4 rings (SSSR count). The molecule has 0 spiro atoms. The molecule has 0 unspecified atom stereocenters. The Hall–Kier alpha value is -3.55. The van der Waals surface area contributed by atoms with Crippen LogP contribution in [0.15, 0.2) is 42.5 Å². The van der Waals surface area contributed by atoms with Gasteiger partial charge < -0.3 is 24.3 Å². The van der Waals surface area contributed by atoms with Gasteiger partial charge in [-0.2, -0.15) is 0 Å². The van der Waals surface area contributed by atoms with Gasteiger partial charge in [0.05, 0.1) is 31.8 Å². The number of carbonyl (C=O) groups is 2. The molecule has 0 radical (unpaired) electrons. The van der Waals surface area contributed by atoms with Gasteiger partial charge >= 0.3 is 0 Å². The van der Waals surface area contributed by atoms with E-state index in [-0.39, 0.29) is 24.9 Å². The van der Waals surface area contributed by atoms with Crippen molar-refractivity contribution in [2.24, 2.45) is 0 Å². The second kappa shape index (κ2) is 9.72. The Labute approximate surface area is 187 Å². The number of hydrogen-bond donors (Lipinski definition) is 1. The molecule has 1 saturated heterocycles. The van der Waals surface area contributed by atoms with Gasteiger partial charge in [-0.3, -0.25) is 9.59 Å². The van der Waals surface area contributed by atoms with Crippen LogP contribution in [0.2, 0.25) is 0 Å². The number of nitrogens with zero attached hydrogens (tertiary/aromatic N) is 3. The molecule has 0 aliphatic carbocycles. The van der Waals surface area contributed by atoms with Crippen LogP contribution in [0, 0.1) is 0 Å². The van der Waals surface area contributed by atoms with E-state index in [1.807, 2.05) is 33.7 Å². The molecule has 1 aliphatic heterocycles. The number of amides is 2. The molecule has 1 aliphatic rings. The van der Waals surface area contributed by atoms with E-state index in [4.69, 9.17) is 9.47 Å². The predicted molar refractivity (Wildman–Crippen MR) is 121 cm³/mol. The fourth-order valence-electron chi connectivity index (χ4n) is 4.05. The van der Waals surface area contributed by atoms with Crippen LogP contribution in [0.4, 0.5) is 0 Å². The maximum absolute atomic E-state index is 12.9. The number of carbonyl (C=O) groups excluding carboxylic acids is 2. The maximum atomic E-state index is 12.9. The van der Waals surface area contributed by atoms with E-state index in [1.54, 1.807) is 25.3 Å². The average molecular weight is 437 g/mol. The molecule has 3 aromatic rings. The summed E-state index contributed by atoms with van der Waals surface area (Å²) >= 11 is 0. The lowest BCUT2D eigenvalue weighted by Crippen LogP contribution is -2.38. The van der Waals surface area contributed by atoms with Crippen molar-refractivity contribution in [3.63, 3.8) is 0 Å². The standard InChI is InChI=1S/C24H28N4O4/c1-31-20-11-10-17(14-21(20)32-2)24(30)25-15-22-26-18-8-4-5-9-19(18)28(22)16-23(29)27-12-6-3-7-13-27/h4-5,8-11,14H,3,6-7,12-13,15-16H2,1-2H3,(H,25,30). The largest absolute Gasteiger partial charge is 0.493 e. The summed E-state index contributed by atoms with van der Waals surface area (Å²) in [7, 11) is 3.08. The van der Waals surface area contributed by atoms with Crippen LogP contribution in [0.3, 0.4) is 0 Å². The second-order valence-corrected chi connectivity index (χ2v) is 7.80. The first-order valence-corrected chi connectivity index (χ1v) is 10.8. The number of methoxy groups -OCH3 is 2. The van der Waals surface area contributed by atoms with Crippen molar-refractivity contribution >= 4 is 22.8 Å². The van der Waals surface area contributed by atoms with Gasteiger partial charge in [-0.1, -0.05) is 12.1 Å². The molecule has 1 N–H and O–H groups in total. The topological polar surface area (TPSA) is 85.7 Å². The normalized spacial score (nSPS) is 13.8. The zero-order valence-corrected chi connectivity index (χ0v) is 18.5. The number of piperidine rings is 1. The number of likely N-dealkylation sites (tertiary alicyclic amines) is 1. The van der Waals surface area contributed by atoms with Gasteiger partial charge in [0.15, 0.2) is 11.5 Å². The first-order chi connectivity index (χ1) is 15.6. The lowest BCUT2D eigenvalue weighted by molar-refractivity contribution is -0.132. The third-order valence-electron chi connectivity index (χ3n) is 5.79. The van der Waals surface area contributed by atoms with Crippen molar-refractivity contribution < 1.29 is 19.1 Å². The molecule has 0 saturated carbocycles. The minimum absolute atomic E-state index is 0.0836. The predicted octanol–water partition coefficient (Wildman–Crippen LogP) is 3.00. The quantitative estimate of drug-likeness (QED) is 0.615. The number of rotatable bonds is 7. The molecule has 8 heteroatoms.